The lowest BCUT2D eigenvalue weighted by molar-refractivity contribution is 0.0940. The van der Waals surface area contributed by atoms with E-state index in [-0.39, 0.29) is 5.91 Å². The van der Waals surface area contributed by atoms with Crippen LogP contribution in [0.5, 0.6) is 0 Å². The number of nitrogens with zero attached hydrogens (tertiary/aromatic N) is 1. The predicted octanol–water partition coefficient (Wildman–Crippen LogP) is 1.95. The molecule has 3 N–H and O–H groups in total. The molecule has 88 valence electrons. The molecule has 1 aromatic rings. The molecule has 0 saturated heterocycles. The first kappa shape index (κ1) is 11.4. The van der Waals surface area contributed by atoms with Gasteiger partial charge in [0.05, 0.1) is 5.69 Å². The molecule has 1 aliphatic carbocycles. The number of nitrogens with two attached hydrogens (primary N) is 1. The summed E-state index contributed by atoms with van der Waals surface area (Å²) in [4.78, 5) is 16.7. The third-order valence-corrected chi connectivity index (χ3v) is 4.03. The molecule has 2 atom stereocenters. The zero-order chi connectivity index (χ0) is 11.7. The first-order valence-corrected chi connectivity index (χ1v) is 6.41. The first-order chi connectivity index (χ1) is 7.56. The Bertz CT molecular complexity index is 402. The van der Waals surface area contributed by atoms with Crippen LogP contribution in [-0.2, 0) is 0 Å². The van der Waals surface area contributed by atoms with Crippen LogP contribution < -0.4 is 11.1 Å². The molecule has 1 fully saturated rings. The molecule has 5 heteroatoms. The minimum absolute atomic E-state index is 0.0224. The van der Waals surface area contributed by atoms with E-state index < -0.39 is 0 Å². The maximum atomic E-state index is 11.9. The van der Waals surface area contributed by atoms with Crippen molar-refractivity contribution in [2.24, 2.45) is 5.92 Å². The minimum Gasteiger partial charge on any atom is -0.375 e. The average Bonchev–Trinajstić information content (AvgIpc) is 2.73. The molecule has 2 unspecified atom stereocenters. The summed E-state index contributed by atoms with van der Waals surface area (Å²) in [6.07, 6.45) is 3.37. The van der Waals surface area contributed by atoms with Crippen LogP contribution in [0.3, 0.4) is 0 Å². The number of carbonyl (C=O) groups is 1. The Kier molecular flexibility index (Phi) is 3.14. The van der Waals surface area contributed by atoms with Crippen molar-refractivity contribution in [3.8, 4) is 0 Å². The highest BCUT2D eigenvalue weighted by molar-refractivity contribution is 7.17. The van der Waals surface area contributed by atoms with Crippen molar-refractivity contribution < 1.29 is 4.79 Å². The number of anilines is 1. The highest BCUT2D eigenvalue weighted by Crippen LogP contribution is 2.26. The van der Waals surface area contributed by atoms with Gasteiger partial charge < -0.3 is 11.1 Å². The Morgan fingerprint density at radius 1 is 1.56 bits per heavy atom. The van der Waals surface area contributed by atoms with Gasteiger partial charge >= 0.3 is 0 Å². The molecule has 0 aromatic carbocycles. The topological polar surface area (TPSA) is 68.0 Å². The summed E-state index contributed by atoms with van der Waals surface area (Å²) >= 11 is 1.26. The van der Waals surface area contributed by atoms with Gasteiger partial charge in [0.15, 0.2) is 5.13 Å². The van der Waals surface area contributed by atoms with Crippen LogP contribution in [0.1, 0.15) is 41.6 Å². The molecule has 0 radical (unpaired) electrons. The maximum Gasteiger partial charge on any atom is 0.263 e. The van der Waals surface area contributed by atoms with E-state index in [4.69, 9.17) is 5.73 Å². The maximum absolute atomic E-state index is 11.9. The Morgan fingerprint density at radius 3 is 2.81 bits per heavy atom. The van der Waals surface area contributed by atoms with Crippen LogP contribution >= 0.6 is 11.3 Å². The number of carbonyl (C=O) groups excluding carboxylic acids is 1. The summed E-state index contributed by atoms with van der Waals surface area (Å²) in [5.74, 6) is 0.698. The summed E-state index contributed by atoms with van der Waals surface area (Å²) in [5.41, 5.74) is 6.30. The SMILES string of the molecule is Cc1nc(N)sc1C(=O)NC1CCC(C)C1. The second-order valence-electron chi connectivity index (χ2n) is 4.56. The Balaban J connectivity index is 2.00. The predicted molar refractivity (Wildman–Crippen MR) is 65.5 cm³/mol. The molecule has 0 spiro atoms. The van der Waals surface area contributed by atoms with Gasteiger partial charge in [0.1, 0.15) is 4.88 Å². The molecule has 16 heavy (non-hydrogen) atoms. The highest BCUT2D eigenvalue weighted by Gasteiger charge is 2.24. The third-order valence-electron chi connectivity index (χ3n) is 3.05. The highest BCUT2D eigenvalue weighted by atomic mass is 32.1. The van der Waals surface area contributed by atoms with Crippen LogP contribution in [0.15, 0.2) is 0 Å². The van der Waals surface area contributed by atoms with E-state index in [9.17, 15) is 4.79 Å². The number of thiazole rings is 1. The summed E-state index contributed by atoms with van der Waals surface area (Å²) in [6.45, 7) is 4.04. The molecular weight excluding hydrogens is 222 g/mol. The van der Waals surface area contributed by atoms with Crippen molar-refractivity contribution in [2.45, 2.75) is 39.2 Å². The molecular formula is C11H17N3OS. The first-order valence-electron chi connectivity index (χ1n) is 5.60. The quantitative estimate of drug-likeness (QED) is 0.829. The molecule has 2 rings (SSSR count). The van der Waals surface area contributed by atoms with Crippen molar-refractivity contribution in [1.29, 1.82) is 0 Å². The van der Waals surface area contributed by atoms with E-state index in [0.29, 0.717) is 16.1 Å². The van der Waals surface area contributed by atoms with Gasteiger partial charge in [-0.2, -0.15) is 0 Å². The lowest BCUT2D eigenvalue weighted by Crippen LogP contribution is -2.32. The fourth-order valence-corrected chi connectivity index (χ4v) is 2.95. The van der Waals surface area contributed by atoms with Crippen LogP contribution in [0.25, 0.3) is 0 Å². The van der Waals surface area contributed by atoms with E-state index in [1.165, 1.54) is 17.8 Å². The monoisotopic (exact) mass is 239 g/mol. The summed E-state index contributed by atoms with van der Waals surface area (Å²) < 4.78 is 0. The summed E-state index contributed by atoms with van der Waals surface area (Å²) in [6, 6.07) is 0.324. The Hall–Kier alpha value is -1.10. The number of hydrogen-bond acceptors (Lipinski definition) is 4. The third kappa shape index (κ3) is 2.35. The van der Waals surface area contributed by atoms with Gasteiger partial charge in [-0.05, 0) is 32.1 Å². The molecule has 1 aliphatic rings. The second-order valence-corrected chi connectivity index (χ2v) is 5.59. The van der Waals surface area contributed by atoms with Gasteiger partial charge in [0.25, 0.3) is 5.91 Å². The normalized spacial score (nSPS) is 24.6. The molecule has 4 nitrogen and oxygen atoms in total. The number of rotatable bonds is 2. The average molecular weight is 239 g/mol. The molecule has 1 saturated carbocycles. The van der Waals surface area contributed by atoms with Crippen molar-refractivity contribution >= 4 is 22.4 Å². The number of aryl methyl sites for hydroxylation is 1. The lowest BCUT2D eigenvalue weighted by atomic mass is 10.1. The van der Waals surface area contributed by atoms with E-state index in [0.717, 1.165) is 24.5 Å². The smallest absolute Gasteiger partial charge is 0.263 e. The number of hydrogen-bond donors (Lipinski definition) is 2. The van der Waals surface area contributed by atoms with E-state index in [2.05, 4.69) is 17.2 Å². The Labute approximate surface area is 99.3 Å². The second kappa shape index (κ2) is 4.41. The zero-order valence-corrected chi connectivity index (χ0v) is 10.4. The van der Waals surface area contributed by atoms with Crippen LogP contribution in [0.2, 0.25) is 0 Å². The largest absolute Gasteiger partial charge is 0.375 e. The van der Waals surface area contributed by atoms with Gasteiger partial charge in [-0.1, -0.05) is 18.3 Å². The van der Waals surface area contributed by atoms with E-state index >= 15 is 0 Å². The van der Waals surface area contributed by atoms with Gasteiger partial charge in [-0.15, -0.1) is 0 Å². The zero-order valence-electron chi connectivity index (χ0n) is 9.62. The van der Waals surface area contributed by atoms with Crippen LogP contribution in [0.4, 0.5) is 5.13 Å². The van der Waals surface area contributed by atoms with Crippen LogP contribution in [-0.4, -0.2) is 16.9 Å². The van der Waals surface area contributed by atoms with Gasteiger partial charge in [0.2, 0.25) is 0 Å². The summed E-state index contributed by atoms with van der Waals surface area (Å²) in [7, 11) is 0. The van der Waals surface area contributed by atoms with E-state index in [1.807, 2.05) is 6.92 Å². The van der Waals surface area contributed by atoms with E-state index in [1.54, 1.807) is 0 Å². The number of nitrogens with one attached hydrogen (secondary N) is 1. The van der Waals surface area contributed by atoms with Gasteiger partial charge in [-0.25, -0.2) is 4.98 Å². The van der Waals surface area contributed by atoms with Crippen molar-refractivity contribution in [1.82, 2.24) is 10.3 Å². The standard InChI is InChI=1S/C11H17N3OS/c1-6-3-4-8(5-6)14-10(15)9-7(2)13-11(12)16-9/h6,8H,3-5H2,1-2H3,(H2,12,13)(H,14,15). The summed E-state index contributed by atoms with van der Waals surface area (Å²) in [5, 5.41) is 3.52. The lowest BCUT2D eigenvalue weighted by Gasteiger charge is -2.11. The molecule has 0 aliphatic heterocycles. The number of aromatic nitrogens is 1. The minimum atomic E-state index is -0.0224. The van der Waals surface area contributed by atoms with Crippen molar-refractivity contribution in [3.63, 3.8) is 0 Å². The van der Waals surface area contributed by atoms with Crippen LogP contribution in [0, 0.1) is 12.8 Å². The molecule has 1 heterocycles. The number of amides is 1. The van der Waals surface area contributed by atoms with Gasteiger partial charge in [0, 0.05) is 6.04 Å². The number of nitrogen functional groups attached to an aromatic ring is 1. The Morgan fingerprint density at radius 2 is 2.31 bits per heavy atom. The molecule has 1 aromatic heterocycles. The fraction of sp³-hybridized carbons (Fsp3) is 0.636. The fourth-order valence-electron chi connectivity index (χ4n) is 2.22. The van der Waals surface area contributed by atoms with Crippen molar-refractivity contribution in [2.75, 3.05) is 5.73 Å². The van der Waals surface area contributed by atoms with Gasteiger partial charge in [-0.3, -0.25) is 4.79 Å². The molecule has 0 bridgehead atoms. The molecule has 1 amide bonds. The van der Waals surface area contributed by atoms with Crippen molar-refractivity contribution in [3.05, 3.63) is 10.6 Å².